The molecule has 0 bridgehead atoms. The van der Waals surface area contributed by atoms with Gasteiger partial charge in [-0.2, -0.15) is 0 Å². The maximum atomic E-state index is 5.38. The summed E-state index contributed by atoms with van der Waals surface area (Å²) in [7, 11) is 1.80. The second-order valence-electron chi connectivity index (χ2n) is 4.28. The molecule has 1 fully saturated rings. The lowest BCUT2D eigenvalue weighted by Crippen LogP contribution is -2.26. The number of ether oxygens (including phenoxy) is 1. The molecule has 1 N–H and O–H groups in total. The van der Waals surface area contributed by atoms with E-state index in [0.717, 1.165) is 18.7 Å². The lowest BCUT2D eigenvalue weighted by molar-refractivity contribution is 0.107. The molecule has 15 heavy (non-hydrogen) atoms. The molecule has 1 heterocycles. The molecule has 0 spiro atoms. The van der Waals surface area contributed by atoms with Gasteiger partial charge in [0.25, 0.3) is 0 Å². The van der Waals surface area contributed by atoms with Gasteiger partial charge in [-0.1, -0.05) is 0 Å². The third-order valence-corrected chi connectivity index (χ3v) is 3.24. The maximum absolute atomic E-state index is 5.38. The zero-order chi connectivity index (χ0) is 10.7. The standard InChI is InChI=1S/C12H19NO2/c1-9-5-6-15-12(9)8-13-10-3-4-11(7-10)14-2/h5-6,10-11,13H,3-4,7-8H2,1-2H3. The van der Waals surface area contributed by atoms with Crippen molar-refractivity contribution in [2.24, 2.45) is 0 Å². The van der Waals surface area contributed by atoms with E-state index in [1.165, 1.54) is 18.4 Å². The minimum atomic E-state index is 0.445. The molecular formula is C12H19NO2. The van der Waals surface area contributed by atoms with Gasteiger partial charge in [0.05, 0.1) is 18.9 Å². The van der Waals surface area contributed by atoms with E-state index < -0.39 is 0 Å². The lowest BCUT2D eigenvalue weighted by atomic mass is 10.2. The van der Waals surface area contributed by atoms with E-state index in [1.807, 2.05) is 6.07 Å². The van der Waals surface area contributed by atoms with Crippen LogP contribution in [0.5, 0.6) is 0 Å². The molecule has 1 aliphatic carbocycles. The average Bonchev–Trinajstić information content (AvgIpc) is 2.84. The van der Waals surface area contributed by atoms with E-state index >= 15 is 0 Å². The average molecular weight is 209 g/mol. The lowest BCUT2D eigenvalue weighted by Gasteiger charge is -2.11. The fourth-order valence-corrected chi connectivity index (χ4v) is 2.16. The maximum Gasteiger partial charge on any atom is 0.120 e. The highest BCUT2D eigenvalue weighted by Crippen LogP contribution is 2.22. The molecule has 2 rings (SSSR count). The molecule has 84 valence electrons. The molecule has 1 aliphatic rings. The van der Waals surface area contributed by atoms with Gasteiger partial charge in [-0.05, 0) is 37.8 Å². The fraction of sp³-hybridized carbons (Fsp3) is 0.667. The second-order valence-corrected chi connectivity index (χ2v) is 4.28. The zero-order valence-electron chi connectivity index (χ0n) is 9.45. The van der Waals surface area contributed by atoms with Gasteiger partial charge in [-0.15, -0.1) is 0 Å². The summed E-state index contributed by atoms with van der Waals surface area (Å²) in [6.07, 6.45) is 5.69. The Morgan fingerprint density at radius 2 is 2.40 bits per heavy atom. The molecule has 1 aromatic rings. The monoisotopic (exact) mass is 209 g/mol. The van der Waals surface area contributed by atoms with Gasteiger partial charge in [-0.25, -0.2) is 0 Å². The van der Waals surface area contributed by atoms with E-state index in [4.69, 9.17) is 9.15 Å². The Kier molecular flexibility index (Phi) is 3.44. The summed E-state index contributed by atoms with van der Waals surface area (Å²) in [5, 5.41) is 3.52. The molecule has 1 saturated carbocycles. The Labute approximate surface area is 90.8 Å². The van der Waals surface area contributed by atoms with Gasteiger partial charge >= 0.3 is 0 Å². The van der Waals surface area contributed by atoms with E-state index in [1.54, 1.807) is 13.4 Å². The molecule has 0 amide bonds. The summed E-state index contributed by atoms with van der Waals surface area (Å²) in [5.74, 6) is 1.05. The molecule has 1 aromatic heterocycles. The molecule has 2 atom stereocenters. The number of methoxy groups -OCH3 is 1. The molecule has 0 aromatic carbocycles. The van der Waals surface area contributed by atoms with Crippen LogP contribution in [0, 0.1) is 6.92 Å². The number of aryl methyl sites for hydroxylation is 1. The summed E-state index contributed by atoms with van der Waals surface area (Å²) in [6, 6.07) is 2.59. The highest BCUT2D eigenvalue weighted by atomic mass is 16.5. The number of furan rings is 1. The van der Waals surface area contributed by atoms with Crippen molar-refractivity contribution in [3.8, 4) is 0 Å². The number of nitrogens with one attached hydrogen (secondary N) is 1. The molecule has 0 aliphatic heterocycles. The van der Waals surface area contributed by atoms with E-state index in [2.05, 4.69) is 12.2 Å². The van der Waals surface area contributed by atoms with Crippen LogP contribution in [-0.2, 0) is 11.3 Å². The van der Waals surface area contributed by atoms with Crippen LogP contribution in [0.25, 0.3) is 0 Å². The molecule has 0 radical (unpaired) electrons. The third-order valence-electron chi connectivity index (χ3n) is 3.24. The van der Waals surface area contributed by atoms with Crippen LogP contribution in [0.2, 0.25) is 0 Å². The Hall–Kier alpha value is -0.800. The first-order valence-corrected chi connectivity index (χ1v) is 5.58. The van der Waals surface area contributed by atoms with Crippen molar-refractivity contribution in [3.63, 3.8) is 0 Å². The minimum absolute atomic E-state index is 0.445. The van der Waals surface area contributed by atoms with E-state index in [-0.39, 0.29) is 0 Å². The Bertz CT molecular complexity index is 308. The summed E-state index contributed by atoms with van der Waals surface area (Å²) in [6.45, 7) is 2.91. The summed E-state index contributed by atoms with van der Waals surface area (Å²) in [5.41, 5.74) is 1.23. The van der Waals surface area contributed by atoms with Crippen LogP contribution in [0.4, 0.5) is 0 Å². The quantitative estimate of drug-likeness (QED) is 0.826. The Morgan fingerprint density at radius 3 is 3.00 bits per heavy atom. The van der Waals surface area contributed by atoms with Crippen molar-refractivity contribution < 1.29 is 9.15 Å². The first-order valence-electron chi connectivity index (χ1n) is 5.58. The van der Waals surface area contributed by atoms with E-state index in [0.29, 0.717) is 12.1 Å². The van der Waals surface area contributed by atoms with E-state index in [9.17, 15) is 0 Å². The molecular weight excluding hydrogens is 190 g/mol. The normalized spacial score (nSPS) is 26.0. The minimum Gasteiger partial charge on any atom is -0.468 e. The molecule has 3 heteroatoms. The SMILES string of the molecule is COC1CCC(NCc2occc2C)C1. The van der Waals surface area contributed by atoms with Crippen molar-refractivity contribution in [1.29, 1.82) is 0 Å². The van der Waals surface area contributed by atoms with Gasteiger partial charge in [0, 0.05) is 13.2 Å². The zero-order valence-corrected chi connectivity index (χ0v) is 9.45. The van der Waals surface area contributed by atoms with Crippen LogP contribution in [0.3, 0.4) is 0 Å². The molecule has 0 saturated heterocycles. The van der Waals surface area contributed by atoms with Gasteiger partial charge in [0.15, 0.2) is 0 Å². The predicted octanol–water partition coefficient (Wildman–Crippen LogP) is 2.25. The Morgan fingerprint density at radius 1 is 1.53 bits per heavy atom. The summed E-state index contributed by atoms with van der Waals surface area (Å²) < 4.78 is 10.7. The number of hydrogen-bond acceptors (Lipinski definition) is 3. The van der Waals surface area contributed by atoms with Crippen LogP contribution < -0.4 is 5.32 Å². The van der Waals surface area contributed by atoms with Gasteiger partial charge in [-0.3, -0.25) is 0 Å². The van der Waals surface area contributed by atoms with Crippen molar-refractivity contribution in [2.45, 2.75) is 44.9 Å². The fourth-order valence-electron chi connectivity index (χ4n) is 2.16. The summed E-state index contributed by atoms with van der Waals surface area (Å²) in [4.78, 5) is 0. The van der Waals surface area contributed by atoms with Crippen LogP contribution in [0.1, 0.15) is 30.6 Å². The topological polar surface area (TPSA) is 34.4 Å². The third kappa shape index (κ3) is 2.61. The predicted molar refractivity (Wildman–Crippen MR) is 58.7 cm³/mol. The van der Waals surface area contributed by atoms with Gasteiger partial charge in [0.1, 0.15) is 5.76 Å². The van der Waals surface area contributed by atoms with Crippen molar-refractivity contribution in [3.05, 3.63) is 23.7 Å². The molecule has 3 nitrogen and oxygen atoms in total. The Balaban J connectivity index is 1.77. The smallest absolute Gasteiger partial charge is 0.120 e. The number of hydrogen-bond donors (Lipinski definition) is 1. The van der Waals surface area contributed by atoms with Crippen molar-refractivity contribution in [1.82, 2.24) is 5.32 Å². The summed E-state index contributed by atoms with van der Waals surface area (Å²) >= 11 is 0. The highest BCUT2D eigenvalue weighted by molar-refractivity contribution is 5.14. The first kappa shape index (κ1) is 10.7. The van der Waals surface area contributed by atoms with Crippen LogP contribution in [0.15, 0.2) is 16.7 Å². The van der Waals surface area contributed by atoms with Gasteiger partial charge < -0.3 is 14.5 Å². The van der Waals surface area contributed by atoms with Crippen LogP contribution in [-0.4, -0.2) is 19.3 Å². The van der Waals surface area contributed by atoms with Crippen molar-refractivity contribution >= 4 is 0 Å². The van der Waals surface area contributed by atoms with Gasteiger partial charge in [0.2, 0.25) is 0 Å². The number of rotatable bonds is 4. The highest BCUT2D eigenvalue weighted by Gasteiger charge is 2.23. The van der Waals surface area contributed by atoms with Crippen LogP contribution >= 0.6 is 0 Å². The first-order chi connectivity index (χ1) is 7.29. The second kappa shape index (κ2) is 4.81. The largest absolute Gasteiger partial charge is 0.468 e. The molecule has 2 unspecified atom stereocenters. The van der Waals surface area contributed by atoms with Crippen molar-refractivity contribution in [2.75, 3.05) is 7.11 Å².